The molecule has 1 amide bonds. The second-order valence-electron chi connectivity index (χ2n) is 10.0. The summed E-state index contributed by atoms with van der Waals surface area (Å²) < 4.78 is 40.6. The minimum Gasteiger partial charge on any atom is -0.486 e. The monoisotopic (exact) mass is 630 g/mol. The third kappa shape index (κ3) is 7.04. The summed E-state index contributed by atoms with van der Waals surface area (Å²) in [6.45, 7) is 4.66. The van der Waals surface area contributed by atoms with Gasteiger partial charge in [0.2, 0.25) is 10.0 Å². The summed E-state index contributed by atoms with van der Waals surface area (Å²) in [4.78, 5) is 22.5. The lowest BCUT2D eigenvalue weighted by molar-refractivity contribution is 0.0986. The van der Waals surface area contributed by atoms with Gasteiger partial charge in [-0.2, -0.15) is 4.31 Å². The molecule has 0 radical (unpaired) electrons. The van der Waals surface area contributed by atoms with E-state index in [2.05, 4.69) is 4.90 Å². The molecule has 0 saturated heterocycles. The van der Waals surface area contributed by atoms with Crippen LogP contribution >= 0.6 is 23.7 Å². The van der Waals surface area contributed by atoms with Crippen molar-refractivity contribution in [2.24, 2.45) is 0 Å². The first-order chi connectivity index (χ1) is 19.8. The Balaban J connectivity index is 0.00000405. The largest absolute Gasteiger partial charge is 0.486 e. The van der Waals surface area contributed by atoms with E-state index in [0.29, 0.717) is 48.5 Å². The molecule has 0 bridgehead atoms. The second kappa shape index (κ2) is 13.8. The van der Waals surface area contributed by atoms with Crippen molar-refractivity contribution >= 4 is 55.0 Å². The highest BCUT2D eigenvalue weighted by molar-refractivity contribution is 7.89. The number of carbonyl (C=O) groups excluding carboxylic acids is 1. The summed E-state index contributed by atoms with van der Waals surface area (Å²) in [5, 5.41) is 0.572. The van der Waals surface area contributed by atoms with E-state index in [1.807, 2.05) is 63.5 Å². The molecule has 3 aromatic carbocycles. The van der Waals surface area contributed by atoms with Gasteiger partial charge in [-0.15, -0.1) is 12.4 Å². The SMILES string of the molecule is CCN(Cc1ccccc1)S(=O)(=O)c1ccc(C(=O)N(CCCN(C)C)c2nc3cc4c(cc3s2)OCCO4)cc1.Cl. The number of fused-ring (bicyclic) bond motifs is 2. The molecule has 1 aliphatic rings. The van der Waals surface area contributed by atoms with E-state index in [1.54, 1.807) is 17.0 Å². The maximum atomic E-state index is 13.8. The first kappa shape index (κ1) is 31.7. The number of sulfonamides is 1. The van der Waals surface area contributed by atoms with Crippen LogP contribution in [-0.2, 0) is 16.6 Å². The highest BCUT2D eigenvalue weighted by atomic mass is 35.5. The Bertz CT molecular complexity index is 1570. The number of ether oxygens (including phenoxy) is 2. The molecule has 1 aliphatic heterocycles. The topological polar surface area (TPSA) is 92.3 Å². The van der Waals surface area contributed by atoms with Crippen LogP contribution in [0.25, 0.3) is 10.2 Å². The smallest absolute Gasteiger partial charge is 0.260 e. The van der Waals surface area contributed by atoms with Crippen LogP contribution in [0.3, 0.4) is 0 Å². The molecule has 2 heterocycles. The normalized spacial score (nSPS) is 12.9. The molecular formula is C30H35ClN4O5S2. The lowest BCUT2D eigenvalue weighted by atomic mass is 10.2. The van der Waals surface area contributed by atoms with Crippen molar-refractivity contribution in [1.82, 2.24) is 14.2 Å². The summed E-state index contributed by atoms with van der Waals surface area (Å²) in [5.74, 6) is 1.09. The van der Waals surface area contributed by atoms with Gasteiger partial charge >= 0.3 is 0 Å². The van der Waals surface area contributed by atoms with Gasteiger partial charge in [-0.1, -0.05) is 48.6 Å². The Morgan fingerprint density at radius 1 is 0.952 bits per heavy atom. The Kier molecular flexibility index (Phi) is 10.4. The summed E-state index contributed by atoms with van der Waals surface area (Å²) >= 11 is 1.42. The molecule has 0 unspecified atom stereocenters. The number of hydrogen-bond acceptors (Lipinski definition) is 8. The average Bonchev–Trinajstić information content (AvgIpc) is 3.39. The number of benzene rings is 3. The van der Waals surface area contributed by atoms with E-state index in [0.717, 1.165) is 28.7 Å². The number of thiazole rings is 1. The zero-order valence-corrected chi connectivity index (χ0v) is 26.3. The molecule has 1 aromatic heterocycles. The van der Waals surface area contributed by atoms with Crippen molar-refractivity contribution in [2.45, 2.75) is 24.8 Å². The number of aromatic nitrogens is 1. The standard InChI is InChI=1S/C30H34N4O5S2.ClH/c1-4-33(21-22-9-6-5-7-10-22)41(36,37)24-13-11-23(12-14-24)29(35)34(16-8-15-32(2)3)30-31-25-19-26-27(20-28(25)40-30)39-18-17-38-26;/h5-7,9-14,19-20H,4,8,15-18,21H2,1-3H3;1H. The highest BCUT2D eigenvalue weighted by Gasteiger charge is 2.26. The first-order valence-electron chi connectivity index (χ1n) is 13.6. The molecule has 0 atom stereocenters. The molecular weight excluding hydrogens is 596 g/mol. The van der Waals surface area contributed by atoms with Crippen LogP contribution in [0.5, 0.6) is 11.5 Å². The summed E-state index contributed by atoms with van der Waals surface area (Å²) in [5.41, 5.74) is 2.04. The summed E-state index contributed by atoms with van der Waals surface area (Å²) in [6, 6.07) is 19.4. The number of anilines is 1. The minimum absolute atomic E-state index is 0. The van der Waals surface area contributed by atoms with Gasteiger partial charge in [0, 0.05) is 37.3 Å². The Hall–Kier alpha value is -3.22. The summed E-state index contributed by atoms with van der Waals surface area (Å²) in [7, 11) is 0.237. The number of amides is 1. The predicted molar refractivity (Wildman–Crippen MR) is 169 cm³/mol. The molecule has 42 heavy (non-hydrogen) atoms. The quantitative estimate of drug-likeness (QED) is 0.222. The predicted octanol–water partition coefficient (Wildman–Crippen LogP) is 5.30. The van der Waals surface area contributed by atoms with Gasteiger partial charge in [0.05, 0.1) is 15.1 Å². The molecule has 4 aromatic rings. The zero-order valence-electron chi connectivity index (χ0n) is 23.9. The van der Waals surface area contributed by atoms with Crippen molar-refractivity contribution in [3.8, 4) is 11.5 Å². The Morgan fingerprint density at radius 2 is 1.62 bits per heavy atom. The van der Waals surface area contributed by atoms with Crippen molar-refractivity contribution in [1.29, 1.82) is 0 Å². The fraction of sp³-hybridized carbons (Fsp3) is 0.333. The van der Waals surface area contributed by atoms with Crippen LogP contribution < -0.4 is 14.4 Å². The minimum atomic E-state index is -3.74. The third-order valence-corrected chi connectivity index (χ3v) is 9.77. The number of rotatable bonds is 11. The van der Waals surface area contributed by atoms with Crippen LogP contribution in [0.2, 0.25) is 0 Å². The fourth-order valence-corrected chi connectivity index (χ4v) is 7.06. The van der Waals surface area contributed by atoms with Crippen LogP contribution in [-0.4, -0.2) is 75.5 Å². The van der Waals surface area contributed by atoms with Gasteiger partial charge in [0.15, 0.2) is 16.6 Å². The van der Waals surface area contributed by atoms with Gasteiger partial charge < -0.3 is 14.4 Å². The molecule has 0 N–H and O–H groups in total. The van der Waals surface area contributed by atoms with Crippen molar-refractivity contribution in [3.05, 3.63) is 77.9 Å². The van der Waals surface area contributed by atoms with Gasteiger partial charge in [-0.25, -0.2) is 13.4 Å². The second-order valence-corrected chi connectivity index (χ2v) is 13.0. The van der Waals surface area contributed by atoms with E-state index in [9.17, 15) is 13.2 Å². The van der Waals surface area contributed by atoms with Gasteiger partial charge in [0.25, 0.3) is 5.91 Å². The number of hydrogen-bond donors (Lipinski definition) is 0. The third-order valence-electron chi connectivity index (χ3n) is 6.80. The number of nitrogens with zero attached hydrogens (tertiary/aromatic N) is 4. The van der Waals surface area contributed by atoms with Gasteiger partial charge in [0.1, 0.15) is 13.2 Å². The van der Waals surface area contributed by atoms with Crippen LogP contribution in [0.4, 0.5) is 5.13 Å². The van der Waals surface area contributed by atoms with E-state index in [-0.39, 0.29) is 29.8 Å². The average molecular weight is 631 g/mol. The van der Waals surface area contributed by atoms with Crippen LogP contribution in [0, 0.1) is 0 Å². The van der Waals surface area contributed by atoms with E-state index >= 15 is 0 Å². The molecule has 0 aliphatic carbocycles. The summed E-state index contributed by atoms with van der Waals surface area (Å²) in [6.07, 6.45) is 0.745. The van der Waals surface area contributed by atoms with E-state index < -0.39 is 10.0 Å². The molecule has 0 fully saturated rings. The number of halogens is 1. The molecule has 12 heteroatoms. The van der Waals surface area contributed by atoms with Crippen molar-refractivity contribution < 1.29 is 22.7 Å². The first-order valence-corrected chi connectivity index (χ1v) is 15.8. The fourth-order valence-electron chi connectivity index (χ4n) is 4.63. The van der Waals surface area contributed by atoms with Crippen LogP contribution in [0.15, 0.2) is 71.6 Å². The molecule has 9 nitrogen and oxygen atoms in total. The van der Waals surface area contributed by atoms with Gasteiger partial charge in [-0.3, -0.25) is 9.69 Å². The maximum absolute atomic E-state index is 13.8. The lowest BCUT2D eigenvalue weighted by Crippen LogP contribution is -2.33. The molecule has 0 saturated carbocycles. The lowest BCUT2D eigenvalue weighted by Gasteiger charge is -2.22. The van der Waals surface area contributed by atoms with Gasteiger partial charge in [-0.05, 0) is 56.9 Å². The molecule has 224 valence electrons. The maximum Gasteiger partial charge on any atom is 0.260 e. The number of carbonyl (C=O) groups is 1. The van der Waals surface area contributed by atoms with E-state index in [1.165, 1.54) is 27.8 Å². The highest BCUT2D eigenvalue weighted by Crippen LogP contribution is 2.39. The Labute approximate surface area is 257 Å². The van der Waals surface area contributed by atoms with E-state index in [4.69, 9.17) is 14.5 Å². The van der Waals surface area contributed by atoms with Crippen molar-refractivity contribution in [2.75, 3.05) is 51.8 Å². The van der Waals surface area contributed by atoms with Crippen LogP contribution in [0.1, 0.15) is 29.3 Å². The van der Waals surface area contributed by atoms with Crippen molar-refractivity contribution in [3.63, 3.8) is 0 Å². The zero-order chi connectivity index (χ0) is 29.0. The molecule has 5 rings (SSSR count). The molecule has 0 spiro atoms. The Morgan fingerprint density at radius 3 is 2.26 bits per heavy atom.